The van der Waals surface area contributed by atoms with E-state index in [0.29, 0.717) is 0 Å². The molecule has 0 heteroatoms. The van der Waals surface area contributed by atoms with Gasteiger partial charge in [-0.3, -0.25) is 0 Å². The third-order valence-corrected chi connectivity index (χ3v) is 4.84. The van der Waals surface area contributed by atoms with Gasteiger partial charge >= 0.3 is 0 Å². The monoisotopic (exact) mass is 298 g/mol. The molecule has 0 nitrogen and oxygen atoms in total. The summed E-state index contributed by atoms with van der Waals surface area (Å²) in [6.45, 7) is 12.7. The average molecular weight is 298 g/mol. The van der Waals surface area contributed by atoms with Gasteiger partial charge in [0, 0.05) is 0 Å². The molecule has 0 heterocycles. The molecule has 114 valence electrons. The summed E-state index contributed by atoms with van der Waals surface area (Å²) < 4.78 is 0. The zero-order chi connectivity index (χ0) is 15.4. The number of rotatable bonds is 1. The van der Waals surface area contributed by atoms with Crippen LogP contribution in [0.4, 0.5) is 0 Å². The number of hydrogen-bond donors (Lipinski definition) is 0. The average Bonchev–Trinajstić information content (AvgIpc) is 2.53. The highest BCUT2D eigenvalue weighted by Gasteiger charge is 2.12. The van der Waals surface area contributed by atoms with E-state index in [-0.39, 0.29) is 7.43 Å². The lowest BCUT2D eigenvalue weighted by atomic mass is 9.89. The summed E-state index contributed by atoms with van der Waals surface area (Å²) in [5.41, 5.74) is 3.76. The van der Waals surface area contributed by atoms with E-state index in [1.807, 2.05) is 6.08 Å². The molecule has 0 aliphatic heterocycles. The molecule has 23 heavy (non-hydrogen) atoms. The van der Waals surface area contributed by atoms with Crippen molar-refractivity contribution >= 4 is 45.0 Å². The predicted molar refractivity (Wildman–Crippen MR) is 106 cm³/mol. The van der Waals surface area contributed by atoms with Gasteiger partial charge in [-0.05, 0) is 68.1 Å². The van der Waals surface area contributed by atoms with E-state index in [4.69, 9.17) is 0 Å². The largest absolute Gasteiger partial charge is 0.0984 e. The van der Waals surface area contributed by atoms with Gasteiger partial charge in [0.05, 0.1) is 0 Å². The predicted octanol–water partition coefficient (Wildman–Crippen LogP) is 6.17. The van der Waals surface area contributed by atoms with Gasteiger partial charge in [0.15, 0.2) is 0 Å². The van der Waals surface area contributed by atoms with Crippen molar-refractivity contribution in [1.29, 1.82) is 0 Å². The Balaban J connectivity index is 0.00000156. The Morgan fingerprint density at radius 2 is 1.35 bits per heavy atom. The van der Waals surface area contributed by atoms with Crippen LogP contribution in [-0.2, 0) is 0 Å². The lowest BCUT2D eigenvalue weighted by Gasteiger charge is -2.15. The molecular weight excluding hydrogens is 276 g/mol. The number of aryl methyl sites for hydroxylation is 2. The summed E-state index contributed by atoms with van der Waals surface area (Å²) in [6, 6.07) is 15.4. The number of fused-ring (bicyclic) bond motifs is 2. The van der Waals surface area contributed by atoms with Gasteiger partial charge in [0.25, 0.3) is 0 Å². The van der Waals surface area contributed by atoms with E-state index >= 15 is 0 Å². The van der Waals surface area contributed by atoms with Crippen LogP contribution in [0.1, 0.15) is 24.1 Å². The van der Waals surface area contributed by atoms with E-state index in [9.17, 15) is 0 Å². The third-order valence-electron chi connectivity index (χ3n) is 4.84. The van der Waals surface area contributed by atoms with Crippen LogP contribution in [0.2, 0.25) is 0 Å². The third kappa shape index (κ3) is 1.91. The smallest absolute Gasteiger partial charge is 0.00239 e. The van der Waals surface area contributed by atoms with Gasteiger partial charge in [-0.1, -0.05) is 69.1 Å². The van der Waals surface area contributed by atoms with E-state index in [1.165, 1.54) is 49.0 Å². The molecule has 0 aliphatic rings. The summed E-state index contributed by atoms with van der Waals surface area (Å²) in [5, 5.41) is 8.82. The second kappa shape index (κ2) is 5.24. The Morgan fingerprint density at radius 3 is 2.09 bits per heavy atom. The van der Waals surface area contributed by atoms with Crippen molar-refractivity contribution < 1.29 is 0 Å². The minimum absolute atomic E-state index is 0. The van der Waals surface area contributed by atoms with Crippen molar-refractivity contribution in [2.75, 3.05) is 0 Å². The highest BCUT2D eigenvalue weighted by molar-refractivity contribution is 6.23. The number of benzene rings is 4. The summed E-state index contributed by atoms with van der Waals surface area (Å²) in [7, 11) is 0. The maximum atomic E-state index is 4.41. The molecule has 0 saturated heterocycles. The molecule has 0 saturated carbocycles. The second-order valence-electron chi connectivity index (χ2n) is 6.06. The molecule has 0 fully saturated rings. The fraction of sp³-hybridized carbons (Fsp3) is 0.130. The van der Waals surface area contributed by atoms with E-state index < -0.39 is 0 Å². The van der Waals surface area contributed by atoms with Crippen LogP contribution in [0.5, 0.6) is 0 Å². The van der Waals surface area contributed by atoms with Crippen molar-refractivity contribution in [3.8, 4) is 0 Å². The first-order valence-electron chi connectivity index (χ1n) is 7.62. The van der Waals surface area contributed by atoms with Crippen molar-refractivity contribution in [3.63, 3.8) is 0 Å². The van der Waals surface area contributed by atoms with E-state index in [0.717, 1.165) is 5.22 Å². The first-order chi connectivity index (χ1) is 10.6. The normalized spacial score (nSPS) is 11.0. The van der Waals surface area contributed by atoms with Gasteiger partial charge in [0.1, 0.15) is 0 Å². The topological polar surface area (TPSA) is 0 Å². The molecule has 0 atom stereocenters. The van der Waals surface area contributed by atoms with Gasteiger partial charge in [0.2, 0.25) is 0 Å². The van der Waals surface area contributed by atoms with Crippen LogP contribution in [-0.4, -0.2) is 0 Å². The maximum absolute atomic E-state index is 4.41. The highest BCUT2D eigenvalue weighted by Crippen LogP contribution is 2.34. The Morgan fingerprint density at radius 1 is 0.739 bits per heavy atom. The fourth-order valence-corrected chi connectivity index (χ4v) is 3.70. The zero-order valence-corrected chi connectivity index (χ0v) is 13.0. The quantitative estimate of drug-likeness (QED) is 0.291. The summed E-state index contributed by atoms with van der Waals surface area (Å²) >= 11 is 0. The molecule has 0 bridgehead atoms. The van der Waals surface area contributed by atoms with Crippen LogP contribution in [0.15, 0.2) is 49.0 Å². The Bertz CT molecular complexity index is 1110. The highest BCUT2D eigenvalue weighted by atomic mass is 14.2. The van der Waals surface area contributed by atoms with E-state index in [2.05, 4.69) is 69.5 Å². The molecule has 0 unspecified atom stereocenters. The van der Waals surface area contributed by atoms with Crippen molar-refractivity contribution in [3.05, 3.63) is 71.0 Å². The number of hydrogen-bond acceptors (Lipinski definition) is 0. The molecule has 4 aromatic carbocycles. The SMILES string of the molecule is C.C=Cc1c(C)ccc2c1c(=C)c1ccc(C)c3cccc2c31. The van der Waals surface area contributed by atoms with E-state index in [1.54, 1.807) is 0 Å². The lowest BCUT2D eigenvalue weighted by Crippen LogP contribution is -2.06. The first-order valence-corrected chi connectivity index (χ1v) is 7.62. The standard InChI is InChI=1S/C22H18.CH4/c1-5-16-13(2)10-12-20-19-8-6-7-17-14(3)9-11-18(22(17)19)15(4)21(16)20;/h5-12H,1,4H2,2-3H3;1H4. The molecule has 4 aromatic rings. The first kappa shape index (κ1) is 15.3. The van der Waals surface area contributed by atoms with Crippen LogP contribution >= 0.6 is 0 Å². The van der Waals surface area contributed by atoms with Gasteiger partial charge in [-0.25, -0.2) is 0 Å². The maximum Gasteiger partial charge on any atom is -0.00239 e. The molecule has 0 spiro atoms. The summed E-state index contributed by atoms with van der Waals surface area (Å²) in [6.07, 6.45) is 1.96. The van der Waals surface area contributed by atoms with Crippen molar-refractivity contribution in [1.82, 2.24) is 0 Å². The minimum atomic E-state index is 0. The van der Waals surface area contributed by atoms with Crippen LogP contribution in [0.3, 0.4) is 0 Å². The van der Waals surface area contributed by atoms with Crippen LogP contribution < -0.4 is 5.22 Å². The van der Waals surface area contributed by atoms with Crippen LogP contribution in [0, 0.1) is 13.8 Å². The molecule has 0 N–H and O–H groups in total. The van der Waals surface area contributed by atoms with Gasteiger partial charge in [-0.15, -0.1) is 0 Å². The molecule has 4 rings (SSSR count). The molecule has 0 amide bonds. The summed E-state index contributed by atoms with van der Waals surface area (Å²) in [4.78, 5) is 0. The Labute approximate surface area is 137 Å². The van der Waals surface area contributed by atoms with Gasteiger partial charge in [-0.2, -0.15) is 0 Å². The molecule has 0 aromatic heterocycles. The molecular formula is C23H22. The van der Waals surface area contributed by atoms with Crippen LogP contribution in [0.25, 0.3) is 45.0 Å². The zero-order valence-electron chi connectivity index (χ0n) is 13.0. The summed E-state index contributed by atoms with van der Waals surface area (Å²) in [5.74, 6) is 0. The lowest BCUT2D eigenvalue weighted by molar-refractivity contribution is 1.48. The van der Waals surface area contributed by atoms with Crippen molar-refractivity contribution in [2.24, 2.45) is 0 Å². The molecule has 0 radical (unpaired) electrons. The Hall–Kier alpha value is -2.60. The fourth-order valence-electron chi connectivity index (χ4n) is 3.70. The Kier molecular flexibility index (Phi) is 3.49. The van der Waals surface area contributed by atoms with Gasteiger partial charge < -0.3 is 0 Å². The minimum Gasteiger partial charge on any atom is -0.0984 e. The van der Waals surface area contributed by atoms with Crippen molar-refractivity contribution in [2.45, 2.75) is 21.3 Å². The second-order valence-corrected chi connectivity index (χ2v) is 6.06. The molecule has 0 aliphatic carbocycles.